The molecule has 0 aliphatic carbocycles. The van der Waals surface area contributed by atoms with Crippen LogP contribution in [0, 0.1) is 5.92 Å². The first-order valence-corrected chi connectivity index (χ1v) is 7.73. The van der Waals surface area contributed by atoms with Crippen molar-refractivity contribution in [1.82, 2.24) is 9.88 Å². The summed E-state index contributed by atoms with van der Waals surface area (Å²) in [6.07, 6.45) is 3.38. The van der Waals surface area contributed by atoms with Crippen molar-refractivity contribution in [3.05, 3.63) is 22.8 Å². The van der Waals surface area contributed by atoms with Crippen LogP contribution in [0.15, 0.2) is 12.1 Å². The van der Waals surface area contributed by atoms with Crippen LogP contribution < -0.4 is 5.32 Å². The fraction of sp³-hybridized carbons (Fsp3) is 0.600. The summed E-state index contributed by atoms with van der Waals surface area (Å²) in [5.41, 5.74) is 0.363. The Kier molecular flexibility index (Phi) is 5.24. The van der Waals surface area contributed by atoms with Crippen molar-refractivity contribution in [3.8, 4) is 0 Å². The number of likely N-dealkylation sites (tertiary alicyclic amines) is 1. The van der Waals surface area contributed by atoms with Crippen molar-refractivity contribution in [2.45, 2.75) is 33.1 Å². The Labute approximate surface area is 125 Å². The Morgan fingerprint density at radius 3 is 3.00 bits per heavy atom. The molecule has 2 rings (SSSR count). The molecular weight excluding hydrogens is 274 g/mol. The second kappa shape index (κ2) is 6.93. The summed E-state index contributed by atoms with van der Waals surface area (Å²) in [4.78, 5) is 18.8. The van der Waals surface area contributed by atoms with Crippen LogP contribution in [0.1, 0.15) is 43.6 Å². The molecular formula is C15H22ClN3O. The largest absolute Gasteiger partial charge is 0.370 e. The molecule has 4 nitrogen and oxygen atoms in total. The molecule has 0 bridgehead atoms. The van der Waals surface area contributed by atoms with E-state index < -0.39 is 0 Å². The molecule has 1 atom stereocenters. The molecule has 110 valence electrons. The van der Waals surface area contributed by atoms with Gasteiger partial charge in [-0.2, -0.15) is 0 Å². The van der Waals surface area contributed by atoms with Crippen molar-refractivity contribution in [3.63, 3.8) is 0 Å². The zero-order valence-electron chi connectivity index (χ0n) is 12.2. The van der Waals surface area contributed by atoms with Crippen LogP contribution >= 0.6 is 11.6 Å². The number of hydrogen-bond acceptors (Lipinski definition) is 3. The monoisotopic (exact) mass is 295 g/mol. The Hall–Kier alpha value is -1.29. The van der Waals surface area contributed by atoms with Gasteiger partial charge in [0.2, 0.25) is 0 Å². The van der Waals surface area contributed by atoms with Crippen LogP contribution in [0.3, 0.4) is 0 Å². The van der Waals surface area contributed by atoms with Gasteiger partial charge in [0.05, 0.1) is 5.02 Å². The summed E-state index contributed by atoms with van der Waals surface area (Å²) in [6, 6.07) is 3.54. The number of carbonyl (C=O) groups excluding carboxylic acids is 1. The normalized spacial score (nSPS) is 18.9. The van der Waals surface area contributed by atoms with Crippen molar-refractivity contribution in [1.29, 1.82) is 0 Å². The smallest absolute Gasteiger partial charge is 0.274 e. The first kappa shape index (κ1) is 15.1. The molecule has 1 aromatic rings. The van der Waals surface area contributed by atoms with E-state index in [1.165, 1.54) is 6.42 Å². The molecule has 1 saturated heterocycles. The summed E-state index contributed by atoms with van der Waals surface area (Å²) in [6.45, 7) is 6.56. The number of nitrogens with one attached hydrogen (secondary N) is 1. The third-order valence-corrected chi connectivity index (χ3v) is 4.10. The summed E-state index contributed by atoms with van der Waals surface area (Å²) in [7, 11) is 0. The number of halogens is 1. The summed E-state index contributed by atoms with van der Waals surface area (Å²) in [5, 5.41) is 3.54. The van der Waals surface area contributed by atoms with E-state index in [9.17, 15) is 4.79 Å². The van der Waals surface area contributed by atoms with Crippen LogP contribution in [0.2, 0.25) is 5.02 Å². The van der Waals surface area contributed by atoms with E-state index in [1.807, 2.05) is 11.8 Å². The van der Waals surface area contributed by atoms with E-state index in [4.69, 9.17) is 11.6 Å². The predicted molar refractivity (Wildman–Crippen MR) is 82.3 cm³/mol. The van der Waals surface area contributed by atoms with Gasteiger partial charge in [0.25, 0.3) is 5.91 Å². The Balaban J connectivity index is 2.17. The topological polar surface area (TPSA) is 45.2 Å². The van der Waals surface area contributed by atoms with Crippen LogP contribution in [-0.4, -0.2) is 35.4 Å². The van der Waals surface area contributed by atoms with Crippen LogP contribution in [0.25, 0.3) is 0 Å². The number of nitrogens with zero attached hydrogens (tertiary/aromatic N) is 2. The second-order valence-corrected chi connectivity index (χ2v) is 5.63. The summed E-state index contributed by atoms with van der Waals surface area (Å²) in [5.74, 6) is 1.25. The standard InChI is InChI=1S/C15H22ClN3O/c1-3-11-6-5-9-19(10-11)15(20)14-12(16)7-8-13(18-14)17-4-2/h7-8,11H,3-6,9-10H2,1-2H3,(H,17,18). The molecule has 1 fully saturated rings. The molecule has 2 heterocycles. The first-order chi connectivity index (χ1) is 9.65. The van der Waals surface area contributed by atoms with Crippen molar-refractivity contribution in [2.24, 2.45) is 5.92 Å². The van der Waals surface area contributed by atoms with Gasteiger partial charge in [-0.05, 0) is 37.8 Å². The predicted octanol–water partition coefficient (Wildman–Crippen LogP) is 3.43. The third-order valence-electron chi connectivity index (χ3n) is 3.79. The van der Waals surface area contributed by atoms with E-state index in [1.54, 1.807) is 12.1 Å². The maximum atomic E-state index is 12.6. The molecule has 20 heavy (non-hydrogen) atoms. The fourth-order valence-electron chi connectivity index (χ4n) is 2.60. The molecule has 5 heteroatoms. The molecule has 1 aromatic heterocycles. The first-order valence-electron chi connectivity index (χ1n) is 7.35. The zero-order valence-corrected chi connectivity index (χ0v) is 12.9. The minimum atomic E-state index is -0.0482. The van der Waals surface area contributed by atoms with Crippen molar-refractivity contribution < 1.29 is 4.79 Å². The fourth-order valence-corrected chi connectivity index (χ4v) is 2.79. The van der Waals surface area contributed by atoms with E-state index >= 15 is 0 Å². The highest BCUT2D eigenvalue weighted by molar-refractivity contribution is 6.33. The lowest BCUT2D eigenvalue weighted by Crippen LogP contribution is -2.40. The summed E-state index contributed by atoms with van der Waals surface area (Å²) >= 11 is 6.14. The quantitative estimate of drug-likeness (QED) is 0.925. The average molecular weight is 296 g/mol. The molecule has 0 aromatic carbocycles. The van der Waals surface area contributed by atoms with Gasteiger partial charge in [-0.15, -0.1) is 0 Å². The van der Waals surface area contributed by atoms with Gasteiger partial charge in [0.15, 0.2) is 0 Å². The minimum absolute atomic E-state index is 0.0482. The van der Waals surface area contributed by atoms with Crippen LogP contribution in [-0.2, 0) is 0 Å². The minimum Gasteiger partial charge on any atom is -0.370 e. The Bertz CT molecular complexity index is 478. The zero-order chi connectivity index (χ0) is 14.5. The molecule has 1 aliphatic heterocycles. The second-order valence-electron chi connectivity index (χ2n) is 5.22. The molecule has 0 radical (unpaired) electrons. The Morgan fingerprint density at radius 2 is 2.30 bits per heavy atom. The third kappa shape index (κ3) is 3.42. The highest BCUT2D eigenvalue weighted by atomic mass is 35.5. The number of pyridine rings is 1. The van der Waals surface area contributed by atoms with E-state index in [-0.39, 0.29) is 5.91 Å². The molecule has 1 amide bonds. The molecule has 0 spiro atoms. The molecule has 1 unspecified atom stereocenters. The van der Waals surface area contributed by atoms with Crippen LogP contribution in [0.5, 0.6) is 0 Å². The number of aromatic nitrogens is 1. The number of anilines is 1. The van der Waals surface area contributed by atoms with E-state index in [0.717, 1.165) is 32.5 Å². The maximum absolute atomic E-state index is 12.6. The molecule has 1 aliphatic rings. The van der Waals surface area contributed by atoms with Gasteiger partial charge in [-0.3, -0.25) is 4.79 Å². The van der Waals surface area contributed by atoms with Gasteiger partial charge in [-0.25, -0.2) is 4.98 Å². The molecule has 0 saturated carbocycles. The Morgan fingerprint density at radius 1 is 1.50 bits per heavy atom. The summed E-state index contributed by atoms with van der Waals surface area (Å²) < 4.78 is 0. The van der Waals surface area contributed by atoms with Gasteiger partial charge >= 0.3 is 0 Å². The average Bonchev–Trinajstić information content (AvgIpc) is 2.49. The number of amides is 1. The lowest BCUT2D eigenvalue weighted by molar-refractivity contribution is 0.0665. The van der Waals surface area contributed by atoms with Crippen molar-refractivity contribution in [2.75, 3.05) is 25.0 Å². The number of rotatable bonds is 4. The number of carbonyl (C=O) groups is 1. The van der Waals surface area contributed by atoms with Gasteiger partial charge in [0.1, 0.15) is 11.5 Å². The van der Waals surface area contributed by atoms with Gasteiger partial charge in [0, 0.05) is 19.6 Å². The SMILES string of the molecule is CCNc1ccc(Cl)c(C(=O)N2CCCC(CC)C2)n1. The highest BCUT2D eigenvalue weighted by Crippen LogP contribution is 2.23. The molecule has 1 N–H and O–H groups in total. The maximum Gasteiger partial charge on any atom is 0.274 e. The van der Waals surface area contributed by atoms with Crippen LogP contribution in [0.4, 0.5) is 5.82 Å². The van der Waals surface area contributed by atoms with Crippen molar-refractivity contribution >= 4 is 23.3 Å². The highest BCUT2D eigenvalue weighted by Gasteiger charge is 2.25. The number of hydrogen-bond donors (Lipinski definition) is 1. The lowest BCUT2D eigenvalue weighted by Gasteiger charge is -2.32. The van der Waals surface area contributed by atoms with Gasteiger partial charge in [-0.1, -0.05) is 24.9 Å². The van der Waals surface area contributed by atoms with E-state index in [0.29, 0.717) is 22.5 Å². The lowest BCUT2D eigenvalue weighted by atomic mass is 9.95. The van der Waals surface area contributed by atoms with E-state index in [2.05, 4.69) is 17.2 Å². The van der Waals surface area contributed by atoms with Gasteiger partial charge < -0.3 is 10.2 Å². The number of piperidine rings is 1.